The normalized spacial score (nSPS) is 11.2. The van der Waals surface area contributed by atoms with Gasteiger partial charge in [0.1, 0.15) is 4.21 Å². The van der Waals surface area contributed by atoms with Crippen LogP contribution in [-0.2, 0) is 68.6 Å². The highest BCUT2D eigenvalue weighted by Gasteiger charge is 2.18. The lowest BCUT2D eigenvalue weighted by atomic mass is 10.0. The third-order valence-electron chi connectivity index (χ3n) is 12.0. The first-order chi connectivity index (χ1) is 38.0. The van der Waals surface area contributed by atoms with Gasteiger partial charge in [-0.05, 0) is 194 Å². The molecule has 8 aromatic rings. The maximum atomic E-state index is 12.6. The van der Waals surface area contributed by atoms with E-state index in [1.165, 1.54) is 41.7 Å². The average molecular weight is 1160 g/mol. The Balaban J connectivity index is 0.000000195. The lowest BCUT2D eigenvalue weighted by molar-refractivity contribution is 0.0686. The molecule has 0 aliphatic heterocycles. The second-order valence-electron chi connectivity index (χ2n) is 18.3. The summed E-state index contributed by atoms with van der Waals surface area (Å²) in [7, 11) is -10.8. The number of carboxylic acid groups (broad SMARTS) is 4. The molecule has 8 rings (SSSR count). The molecule has 1 heterocycles. The number of aromatic carboxylic acids is 4. The quantitative estimate of drug-likeness (QED) is 0.0332. The van der Waals surface area contributed by atoms with Crippen molar-refractivity contribution in [3.63, 3.8) is 0 Å². The first kappa shape index (κ1) is 60.6. The van der Waals surface area contributed by atoms with Gasteiger partial charge >= 0.3 is 23.9 Å². The van der Waals surface area contributed by atoms with Crippen LogP contribution >= 0.6 is 11.3 Å². The molecule has 0 saturated carbocycles. The monoisotopic (exact) mass is 1160 g/mol. The van der Waals surface area contributed by atoms with E-state index in [0.29, 0.717) is 55.6 Å². The van der Waals surface area contributed by atoms with E-state index in [9.17, 15) is 44.4 Å². The summed E-state index contributed by atoms with van der Waals surface area (Å²) in [5.74, 6) is -4.00. The summed E-state index contributed by atoms with van der Waals surface area (Å²) in [4.78, 5) is 44.0. The van der Waals surface area contributed by atoms with Crippen molar-refractivity contribution in [3.8, 4) is 0 Å². The smallest absolute Gasteiger partial charge is 0.335 e. The summed E-state index contributed by atoms with van der Waals surface area (Å²) >= 11 is 1.17. The van der Waals surface area contributed by atoms with Gasteiger partial charge in [-0.3, -0.25) is 14.2 Å². The van der Waals surface area contributed by atoms with Gasteiger partial charge in [0.15, 0.2) is 0 Å². The summed E-state index contributed by atoms with van der Waals surface area (Å²) < 4.78 is 81.5. The van der Waals surface area contributed by atoms with Crippen LogP contribution in [0.2, 0.25) is 0 Å². The maximum absolute atomic E-state index is 12.6. The van der Waals surface area contributed by atoms with Crippen LogP contribution in [0.4, 0.5) is 17.1 Å². The molecule has 80 heavy (non-hydrogen) atoms. The van der Waals surface area contributed by atoms with E-state index in [1.807, 2.05) is 36.4 Å². The van der Waals surface area contributed by atoms with Gasteiger partial charge in [0.05, 0.1) is 32.4 Å². The molecule has 0 atom stereocenters. The largest absolute Gasteiger partial charge is 0.478 e. The van der Waals surface area contributed by atoms with Crippen LogP contribution in [0.3, 0.4) is 0 Å². The van der Waals surface area contributed by atoms with Gasteiger partial charge in [-0.1, -0.05) is 78.9 Å². The van der Waals surface area contributed by atoms with Gasteiger partial charge < -0.3 is 20.4 Å². The number of benzene rings is 7. The highest BCUT2D eigenvalue weighted by atomic mass is 32.2. The number of carbonyl (C=O) groups is 4. The summed E-state index contributed by atoms with van der Waals surface area (Å²) in [6.07, 6.45) is 3.93. The number of hydrogen-bond acceptors (Lipinski definition) is 11. The first-order valence-corrected chi connectivity index (χ1v) is 30.0. The van der Waals surface area contributed by atoms with Crippen molar-refractivity contribution in [3.05, 3.63) is 243 Å². The van der Waals surface area contributed by atoms with Gasteiger partial charge in [-0.15, -0.1) is 11.3 Å². The lowest BCUT2D eigenvalue weighted by Crippen LogP contribution is -2.22. The van der Waals surface area contributed by atoms with E-state index >= 15 is 0 Å². The van der Waals surface area contributed by atoms with Crippen LogP contribution < -0.4 is 14.2 Å². The number of carboxylic acids is 4. The molecule has 7 aromatic carbocycles. The van der Waals surface area contributed by atoms with Crippen LogP contribution in [-0.4, -0.2) is 74.8 Å². The van der Waals surface area contributed by atoms with Crippen molar-refractivity contribution in [2.24, 2.45) is 0 Å². The highest BCUT2D eigenvalue weighted by Crippen LogP contribution is 2.23. The molecule has 0 spiro atoms. The van der Waals surface area contributed by atoms with Crippen LogP contribution in [0.1, 0.15) is 88.7 Å². The number of thiophene rings is 1. The fourth-order valence-corrected chi connectivity index (χ4v) is 11.5. The van der Waals surface area contributed by atoms with Crippen LogP contribution in [0, 0.1) is 0 Å². The number of rotatable bonds is 22. The minimum Gasteiger partial charge on any atom is -0.478 e. The Morgan fingerprint density at radius 2 is 0.713 bits per heavy atom. The topological polar surface area (TPSA) is 288 Å². The Bertz CT molecular complexity index is 3810. The number of sulfonamides is 3. The van der Waals surface area contributed by atoms with Crippen LogP contribution in [0.5, 0.6) is 0 Å². The average Bonchev–Trinajstić information content (AvgIpc) is 3.99. The number of anilines is 3. The Labute approximate surface area is 468 Å². The molecular formula is C59H57N3O14S4. The predicted molar refractivity (Wildman–Crippen MR) is 309 cm³/mol. The standard InChI is InChI=1S/C22H19NO6S.C19H17NO4S2.C18H21NO4S/c24-21(25)17-9-11-20(12-10-17)30(28,29)23-19-6-2-4-16(14-19)8-7-15-3-1-5-18(13-15)22(26)27;21-19(22)16-6-1-4-14(12-16)9-10-15-5-2-7-17(13-15)20-26(23,24)18-8-3-11-25-18;1-13(2)24(22,23)19-17-8-4-6-15(12-17)10-9-14-5-3-7-16(11-14)18(20)21/h1-6,9-14,23H,7-8H2,(H,24,25)(H,26,27);1-8,11-13,20H,9-10H2,(H,21,22);3-8,11-13,19H,9-10H2,1-2H3,(H,20,21). The van der Waals surface area contributed by atoms with Crippen molar-refractivity contribution >= 4 is 82.3 Å². The third-order valence-corrected chi connectivity index (χ3v) is 17.9. The molecule has 0 saturated heterocycles. The van der Waals surface area contributed by atoms with Crippen LogP contribution in [0.25, 0.3) is 0 Å². The summed E-state index contributed by atoms with van der Waals surface area (Å²) in [5.41, 5.74) is 7.77. The summed E-state index contributed by atoms with van der Waals surface area (Å²) in [6.45, 7) is 3.25. The number of hydrogen-bond donors (Lipinski definition) is 7. The molecule has 0 aliphatic carbocycles. The molecule has 0 bridgehead atoms. The van der Waals surface area contributed by atoms with E-state index in [0.717, 1.165) is 33.4 Å². The van der Waals surface area contributed by atoms with Crippen molar-refractivity contribution < 1.29 is 64.9 Å². The molecule has 7 N–H and O–H groups in total. The van der Waals surface area contributed by atoms with Crippen molar-refractivity contribution in [2.45, 2.75) is 66.7 Å². The van der Waals surface area contributed by atoms with E-state index < -0.39 is 59.2 Å². The molecule has 17 nitrogen and oxygen atoms in total. The minimum absolute atomic E-state index is 0.00270. The molecule has 0 amide bonds. The summed E-state index contributed by atoms with van der Waals surface area (Å²) in [5, 5.41) is 37.3. The van der Waals surface area contributed by atoms with E-state index in [4.69, 9.17) is 20.4 Å². The van der Waals surface area contributed by atoms with Crippen molar-refractivity contribution in [2.75, 3.05) is 14.2 Å². The number of nitrogens with one attached hydrogen (secondary N) is 3. The fraction of sp³-hybridized carbons (Fsp3) is 0.153. The second kappa shape index (κ2) is 27.8. The molecule has 0 radical (unpaired) electrons. The zero-order valence-electron chi connectivity index (χ0n) is 43.2. The Morgan fingerprint density at radius 3 is 1.04 bits per heavy atom. The Hall–Kier alpha value is -8.63. The molecule has 0 unspecified atom stereocenters. The molecular weight excluding hydrogens is 1100 g/mol. The Morgan fingerprint density at radius 1 is 0.388 bits per heavy atom. The van der Waals surface area contributed by atoms with Crippen molar-refractivity contribution in [1.29, 1.82) is 0 Å². The lowest BCUT2D eigenvalue weighted by Gasteiger charge is -2.12. The van der Waals surface area contributed by atoms with Gasteiger partial charge in [-0.2, -0.15) is 0 Å². The second-order valence-corrected chi connectivity index (χ2v) is 25.1. The Kier molecular flexibility index (Phi) is 21.1. The number of aryl methyl sites for hydroxylation is 6. The van der Waals surface area contributed by atoms with E-state index in [-0.39, 0.29) is 31.4 Å². The zero-order valence-corrected chi connectivity index (χ0v) is 46.5. The molecule has 1 aromatic heterocycles. The fourth-order valence-electron chi connectivity index (χ4n) is 7.71. The minimum atomic E-state index is -3.86. The zero-order chi connectivity index (χ0) is 58.0. The summed E-state index contributed by atoms with van der Waals surface area (Å²) in [6, 6.07) is 50.0. The predicted octanol–water partition coefficient (Wildman–Crippen LogP) is 11.0. The highest BCUT2D eigenvalue weighted by molar-refractivity contribution is 7.94. The van der Waals surface area contributed by atoms with Crippen molar-refractivity contribution in [1.82, 2.24) is 0 Å². The maximum Gasteiger partial charge on any atom is 0.335 e. The van der Waals surface area contributed by atoms with Gasteiger partial charge in [0.25, 0.3) is 20.0 Å². The third kappa shape index (κ3) is 18.5. The van der Waals surface area contributed by atoms with Gasteiger partial charge in [0.2, 0.25) is 10.0 Å². The SMILES string of the molecule is CC(C)S(=O)(=O)Nc1cccc(CCc2cccc(C(=O)O)c2)c1.O=C(O)c1ccc(S(=O)(=O)Nc2cccc(CCc3cccc(C(=O)O)c3)c2)cc1.O=C(O)c1cccc(CCc2cccc(NS(=O)(=O)c3cccs3)c2)c1. The van der Waals surface area contributed by atoms with E-state index in [1.54, 1.807) is 134 Å². The van der Waals surface area contributed by atoms with Gasteiger partial charge in [0, 0.05) is 17.1 Å². The van der Waals surface area contributed by atoms with E-state index in [2.05, 4.69) is 14.2 Å². The van der Waals surface area contributed by atoms with Crippen LogP contribution in [0.15, 0.2) is 196 Å². The molecule has 21 heteroatoms. The molecule has 416 valence electrons. The van der Waals surface area contributed by atoms with Gasteiger partial charge in [-0.25, -0.2) is 44.4 Å². The molecule has 0 fully saturated rings. The molecule has 0 aliphatic rings. The first-order valence-electron chi connectivity index (χ1n) is 24.6.